The zero-order chi connectivity index (χ0) is 11.8. The van der Waals surface area contributed by atoms with Gasteiger partial charge >= 0.3 is 0 Å². The van der Waals surface area contributed by atoms with E-state index < -0.39 is 0 Å². The van der Waals surface area contributed by atoms with Crippen molar-refractivity contribution in [2.45, 2.75) is 38.8 Å². The van der Waals surface area contributed by atoms with Crippen LogP contribution in [0.2, 0.25) is 0 Å². The molecule has 1 atom stereocenters. The highest BCUT2D eigenvalue weighted by atomic mass is 16.5. The van der Waals surface area contributed by atoms with E-state index >= 15 is 0 Å². The minimum atomic E-state index is -0.128. The number of hydrogen-bond donors (Lipinski definition) is 0. The smallest absolute Gasteiger partial charge is 0.225 e. The van der Waals surface area contributed by atoms with E-state index in [0.29, 0.717) is 6.54 Å². The van der Waals surface area contributed by atoms with Crippen molar-refractivity contribution >= 4 is 5.95 Å². The molecule has 0 bridgehead atoms. The van der Waals surface area contributed by atoms with Gasteiger partial charge in [0.05, 0.1) is 5.69 Å². The lowest BCUT2D eigenvalue weighted by Crippen LogP contribution is -2.31. The van der Waals surface area contributed by atoms with E-state index in [1.54, 1.807) is 0 Å². The second-order valence-corrected chi connectivity index (χ2v) is 4.88. The van der Waals surface area contributed by atoms with Crippen LogP contribution in [0.3, 0.4) is 0 Å². The molecule has 3 rings (SSSR count). The third kappa shape index (κ3) is 1.89. The summed E-state index contributed by atoms with van der Waals surface area (Å²) in [5, 5.41) is 12.6. The van der Waals surface area contributed by atoms with E-state index in [2.05, 4.69) is 14.9 Å². The predicted octanol–water partition coefficient (Wildman–Crippen LogP) is 1.84. The monoisotopic (exact) mass is 233 g/mol. The fourth-order valence-electron chi connectivity index (χ4n) is 2.58. The van der Waals surface area contributed by atoms with Crippen molar-refractivity contribution in [1.29, 1.82) is 0 Å². The summed E-state index contributed by atoms with van der Waals surface area (Å²) in [5.41, 5.74) is 1.89. The number of anilines is 1. The van der Waals surface area contributed by atoms with Crippen LogP contribution in [0.15, 0.2) is 6.20 Å². The summed E-state index contributed by atoms with van der Waals surface area (Å²) in [6, 6.07) is -0.128. The minimum Gasteiger partial charge on any atom is -0.784 e. The van der Waals surface area contributed by atoms with Crippen LogP contribution in [0.4, 0.5) is 5.95 Å². The Balaban J connectivity index is 1.88. The van der Waals surface area contributed by atoms with Gasteiger partial charge in [-0.05, 0) is 26.2 Å². The van der Waals surface area contributed by atoms with Crippen molar-refractivity contribution in [3.8, 4) is 0 Å². The number of aromatic nitrogens is 2. The molecular formula is C12H17N4O-. The second-order valence-electron chi connectivity index (χ2n) is 4.88. The molecular weight excluding hydrogens is 216 g/mol. The first kappa shape index (κ1) is 10.9. The average molecular weight is 233 g/mol. The molecule has 2 aliphatic rings. The summed E-state index contributed by atoms with van der Waals surface area (Å²) in [6.07, 6.45) is 5.54. The summed E-state index contributed by atoms with van der Waals surface area (Å²) < 4.78 is 0. The quantitative estimate of drug-likeness (QED) is 0.740. The van der Waals surface area contributed by atoms with Crippen LogP contribution in [-0.4, -0.2) is 28.1 Å². The van der Waals surface area contributed by atoms with Gasteiger partial charge in [-0.15, -0.1) is 0 Å². The molecule has 1 fully saturated rings. The molecule has 1 unspecified atom stereocenters. The summed E-state index contributed by atoms with van der Waals surface area (Å²) in [6.45, 7) is 4.41. The first-order chi connectivity index (χ1) is 8.25. The summed E-state index contributed by atoms with van der Waals surface area (Å²) in [7, 11) is 0. The normalized spacial score (nSPS) is 25.1. The van der Waals surface area contributed by atoms with Crippen molar-refractivity contribution in [2.75, 3.05) is 18.0 Å². The lowest BCUT2D eigenvalue weighted by Gasteiger charge is -2.28. The fraction of sp³-hybridized carbons (Fsp3) is 0.667. The molecule has 0 N–H and O–H groups in total. The average Bonchev–Trinajstić information content (AvgIpc) is 2.66. The van der Waals surface area contributed by atoms with Crippen LogP contribution in [0.25, 0.3) is 0 Å². The van der Waals surface area contributed by atoms with E-state index in [1.165, 1.54) is 19.3 Å². The maximum Gasteiger partial charge on any atom is 0.225 e. The summed E-state index contributed by atoms with van der Waals surface area (Å²) in [5.74, 6) is 0.797. The highest BCUT2D eigenvalue weighted by Crippen LogP contribution is 2.31. The van der Waals surface area contributed by atoms with Crippen molar-refractivity contribution in [3.63, 3.8) is 0 Å². The molecule has 5 nitrogen and oxygen atoms in total. The second kappa shape index (κ2) is 4.23. The molecule has 1 aromatic heterocycles. The van der Waals surface area contributed by atoms with Gasteiger partial charge in [-0.2, -0.15) is 0 Å². The number of rotatable bonds is 1. The van der Waals surface area contributed by atoms with E-state index in [4.69, 9.17) is 0 Å². The molecule has 0 saturated carbocycles. The minimum absolute atomic E-state index is 0.128. The van der Waals surface area contributed by atoms with E-state index in [9.17, 15) is 5.21 Å². The molecule has 1 saturated heterocycles. The lowest BCUT2D eigenvalue weighted by atomic mass is 10.1. The van der Waals surface area contributed by atoms with Gasteiger partial charge in [-0.25, -0.2) is 9.97 Å². The Hall–Kier alpha value is -1.20. The van der Waals surface area contributed by atoms with Crippen molar-refractivity contribution < 1.29 is 0 Å². The van der Waals surface area contributed by atoms with Gasteiger partial charge in [0.25, 0.3) is 0 Å². The van der Waals surface area contributed by atoms with Crippen LogP contribution in [0.5, 0.6) is 0 Å². The summed E-state index contributed by atoms with van der Waals surface area (Å²) in [4.78, 5) is 11.2. The van der Waals surface area contributed by atoms with E-state index in [1.807, 2.05) is 13.1 Å². The molecule has 0 amide bonds. The zero-order valence-corrected chi connectivity index (χ0v) is 10.1. The fourth-order valence-corrected chi connectivity index (χ4v) is 2.58. The van der Waals surface area contributed by atoms with Gasteiger partial charge < -0.3 is 15.2 Å². The topological polar surface area (TPSA) is 55.3 Å². The van der Waals surface area contributed by atoms with Crippen LogP contribution in [-0.2, 0) is 6.54 Å². The number of fused-ring (bicyclic) bond motifs is 1. The first-order valence-corrected chi connectivity index (χ1v) is 6.30. The molecule has 0 aliphatic carbocycles. The highest BCUT2D eigenvalue weighted by molar-refractivity contribution is 5.36. The number of nitrogens with zero attached hydrogens (tertiary/aromatic N) is 4. The van der Waals surface area contributed by atoms with Crippen LogP contribution in [0.1, 0.15) is 43.5 Å². The van der Waals surface area contributed by atoms with Crippen molar-refractivity contribution in [3.05, 3.63) is 22.7 Å². The lowest BCUT2D eigenvalue weighted by molar-refractivity contribution is 0.325. The van der Waals surface area contributed by atoms with Gasteiger partial charge in [0.15, 0.2) is 0 Å². The standard InChI is InChI=1S/C12H17N4O/c1-9-11-10(8-16(9)17)7-13-12(14-11)15-5-3-2-4-6-15/h7,9H,2-6,8H2,1H3/q-1. The Morgan fingerprint density at radius 1 is 1.29 bits per heavy atom. The Bertz CT molecular complexity index is 417. The van der Waals surface area contributed by atoms with Gasteiger partial charge in [0, 0.05) is 37.4 Å². The molecule has 5 heteroatoms. The number of piperidine rings is 1. The number of hydroxylamine groups is 2. The highest BCUT2D eigenvalue weighted by Gasteiger charge is 2.24. The first-order valence-electron chi connectivity index (χ1n) is 6.30. The predicted molar refractivity (Wildman–Crippen MR) is 65.4 cm³/mol. The molecule has 92 valence electrons. The molecule has 0 aromatic carbocycles. The molecule has 1 aromatic rings. The molecule has 3 heterocycles. The number of hydrogen-bond acceptors (Lipinski definition) is 5. The molecule has 2 aliphatic heterocycles. The van der Waals surface area contributed by atoms with Crippen molar-refractivity contribution in [2.24, 2.45) is 0 Å². The largest absolute Gasteiger partial charge is 0.784 e. The van der Waals surface area contributed by atoms with Crippen LogP contribution in [0, 0.1) is 5.21 Å². The Morgan fingerprint density at radius 3 is 2.82 bits per heavy atom. The Labute approximate surface area is 101 Å². The molecule has 0 radical (unpaired) electrons. The summed E-state index contributed by atoms with van der Waals surface area (Å²) >= 11 is 0. The maximum atomic E-state index is 11.6. The van der Waals surface area contributed by atoms with Gasteiger partial charge in [-0.3, -0.25) is 0 Å². The van der Waals surface area contributed by atoms with Crippen molar-refractivity contribution in [1.82, 2.24) is 15.0 Å². The maximum absolute atomic E-state index is 11.6. The SMILES string of the molecule is CC1c2nc(N3CCCCC3)ncc2CN1[O-]. The zero-order valence-electron chi connectivity index (χ0n) is 10.1. The van der Waals surface area contributed by atoms with Crippen LogP contribution >= 0.6 is 0 Å². The van der Waals surface area contributed by atoms with Gasteiger partial charge in [-0.1, -0.05) is 0 Å². The van der Waals surface area contributed by atoms with Gasteiger partial charge in [0.2, 0.25) is 5.95 Å². The Kier molecular flexibility index (Phi) is 2.72. The van der Waals surface area contributed by atoms with E-state index in [0.717, 1.165) is 35.4 Å². The third-order valence-electron chi connectivity index (χ3n) is 3.68. The third-order valence-corrected chi connectivity index (χ3v) is 3.68. The van der Waals surface area contributed by atoms with Gasteiger partial charge in [0.1, 0.15) is 0 Å². The van der Waals surface area contributed by atoms with Crippen LogP contribution < -0.4 is 4.90 Å². The molecule has 0 spiro atoms. The van der Waals surface area contributed by atoms with E-state index in [-0.39, 0.29) is 6.04 Å². The molecule has 17 heavy (non-hydrogen) atoms. The Morgan fingerprint density at radius 2 is 2.06 bits per heavy atom.